The van der Waals surface area contributed by atoms with Gasteiger partial charge in [-0.2, -0.15) is 0 Å². The van der Waals surface area contributed by atoms with Gasteiger partial charge >= 0.3 is 0 Å². The minimum atomic E-state index is -0.171. The first-order valence-electron chi connectivity index (χ1n) is 10.0. The van der Waals surface area contributed by atoms with Crippen molar-refractivity contribution in [1.82, 2.24) is 14.6 Å². The number of nitrogens with zero attached hydrogens (tertiary/aromatic N) is 3. The van der Waals surface area contributed by atoms with Crippen molar-refractivity contribution in [3.63, 3.8) is 0 Å². The molecule has 2 aromatic heterocycles. The number of carbonyl (C=O) groups is 1. The molecule has 1 N–H and O–H groups in total. The Kier molecular flexibility index (Phi) is 4.28. The SMILES string of the molecule is Cc1ccc(-c2c[nH]n3c(=O)cc(C4CC(=O)N(c5cccc(C)c5)C4)nc23)cc1. The number of nitrogens with one attached hydrogen (secondary N) is 1. The smallest absolute Gasteiger partial charge is 0.272 e. The third-order valence-electron chi connectivity index (χ3n) is 5.74. The number of hydrogen-bond donors (Lipinski definition) is 1. The predicted octanol–water partition coefficient (Wildman–Crippen LogP) is 3.83. The Bertz CT molecular complexity index is 1320. The zero-order chi connectivity index (χ0) is 20.8. The number of aryl methyl sites for hydroxylation is 2. The van der Waals surface area contributed by atoms with E-state index in [1.165, 1.54) is 10.1 Å². The summed E-state index contributed by atoms with van der Waals surface area (Å²) in [6, 6.07) is 17.6. The van der Waals surface area contributed by atoms with Crippen molar-refractivity contribution >= 4 is 17.2 Å². The van der Waals surface area contributed by atoms with Crippen molar-refractivity contribution in [2.75, 3.05) is 11.4 Å². The molecule has 0 saturated carbocycles. The third-order valence-corrected chi connectivity index (χ3v) is 5.74. The zero-order valence-electron chi connectivity index (χ0n) is 16.9. The van der Waals surface area contributed by atoms with Gasteiger partial charge in [0.05, 0.1) is 5.69 Å². The van der Waals surface area contributed by atoms with Gasteiger partial charge in [-0.3, -0.25) is 14.7 Å². The second kappa shape index (κ2) is 6.99. The van der Waals surface area contributed by atoms with E-state index in [0.29, 0.717) is 24.3 Å². The van der Waals surface area contributed by atoms with Gasteiger partial charge in [-0.25, -0.2) is 9.50 Å². The summed E-state index contributed by atoms with van der Waals surface area (Å²) in [7, 11) is 0. The lowest BCUT2D eigenvalue weighted by molar-refractivity contribution is -0.117. The van der Waals surface area contributed by atoms with Gasteiger partial charge in [-0.15, -0.1) is 0 Å². The number of fused-ring (bicyclic) bond motifs is 1. The molecule has 6 heteroatoms. The normalized spacial score (nSPS) is 16.5. The van der Waals surface area contributed by atoms with Gasteiger partial charge in [0, 0.05) is 42.4 Å². The first-order chi connectivity index (χ1) is 14.5. The average Bonchev–Trinajstić information content (AvgIpc) is 3.33. The van der Waals surface area contributed by atoms with E-state index in [-0.39, 0.29) is 17.4 Å². The molecular formula is C24H22N4O2. The molecule has 1 unspecified atom stereocenters. The molecule has 5 rings (SSSR count). The monoisotopic (exact) mass is 398 g/mol. The second-order valence-corrected chi connectivity index (χ2v) is 7.98. The summed E-state index contributed by atoms with van der Waals surface area (Å²) in [6.45, 7) is 4.57. The Hall–Kier alpha value is -3.67. The highest BCUT2D eigenvalue weighted by Crippen LogP contribution is 2.32. The lowest BCUT2D eigenvalue weighted by atomic mass is 10.0. The fraction of sp³-hybridized carbons (Fsp3) is 0.208. The van der Waals surface area contributed by atoms with Crippen LogP contribution in [-0.4, -0.2) is 27.0 Å². The molecule has 1 saturated heterocycles. The summed E-state index contributed by atoms with van der Waals surface area (Å²) in [5.74, 6) is -0.0584. The number of amides is 1. The maximum absolute atomic E-state index is 12.7. The summed E-state index contributed by atoms with van der Waals surface area (Å²) in [6.07, 6.45) is 2.15. The van der Waals surface area contributed by atoms with Gasteiger partial charge in [0.2, 0.25) is 5.91 Å². The van der Waals surface area contributed by atoms with Crippen LogP contribution in [0.15, 0.2) is 65.6 Å². The fourth-order valence-electron chi connectivity index (χ4n) is 4.10. The largest absolute Gasteiger partial charge is 0.312 e. The van der Waals surface area contributed by atoms with Gasteiger partial charge < -0.3 is 4.90 Å². The topological polar surface area (TPSA) is 70.5 Å². The van der Waals surface area contributed by atoms with E-state index in [1.807, 2.05) is 62.4 Å². The van der Waals surface area contributed by atoms with Crippen LogP contribution < -0.4 is 10.5 Å². The molecule has 1 atom stereocenters. The number of aromatic amines is 1. The van der Waals surface area contributed by atoms with Crippen molar-refractivity contribution in [3.05, 3.63) is 88.0 Å². The summed E-state index contributed by atoms with van der Waals surface area (Å²) >= 11 is 0. The van der Waals surface area contributed by atoms with Crippen LogP contribution in [0, 0.1) is 13.8 Å². The summed E-state index contributed by atoms with van der Waals surface area (Å²) in [5, 5.41) is 3.00. The van der Waals surface area contributed by atoms with Crippen LogP contribution in [0.25, 0.3) is 16.8 Å². The summed E-state index contributed by atoms with van der Waals surface area (Å²) < 4.78 is 1.45. The van der Waals surface area contributed by atoms with E-state index in [1.54, 1.807) is 17.2 Å². The van der Waals surface area contributed by atoms with Gasteiger partial charge in [-0.1, -0.05) is 42.0 Å². The molecular weight excluding hydrogens is 376 g/mol. The Balaban J connectivity index is 1.53. The van der Waals surface area contributed by atoms with E-state index in [4.69, 9.17) is 4.98 Å². The minimum absolute atomic E-state index is 0.0559. The number of carbonyl (C=O) groups excluding carboxylic acids is 1. The van der Waals surface area contributed by atoms with Crippen molar-refractivity contribution in [2.24, 2.45) is 0 Å². The van der Waals surface area contributed by atoms with Crippen LogP contribution in [0.3, 0.4) is 0 Å². The van der Waals surface area contributed by atoms with Gasteiger partial charge in [0.1, 0.15) is 0 Å². The average molecular weight is 398 g/mol. The number of hydrogen-bond acceptors (Lipinski definition) is 3. The molecule has 1 aliphatic heterocycles. The number of benzene rings is 2. The second-order valence-electron chi connectivity index (χ2n) is 7.98. The molecule has 30 heavy (non-hydrogen) atoms. The molecule has 4 aromatic rings. The van der Waals surface area contributed by atoms with Crippen LogP contribution in [0.5, 0.6) is 0 Å². The highest BCUT2D eigenvalue weighted by molar-refractivity contribution is 5.96. The first kappa shape index (κ1) is 18.4. The maximum Gasteiger partial charge on any atom is 0.272 e. The Morgan fingerprint density at radius 2 is 1.80 bits per heavy atom. The first-order valence-corrected chi connectivity index (χ1v) is 10.0. The Labute approximate surface area is 173 Å². The number of aromatic nitrogens is 3. The van der Waals surface area contributed by atoms with E-state index in [9.17, 15) is 9.59 Å². The maximum atomic E-state index is 12.7. The Morgan fingerprint density at radius 3 is 2.57 bits per heavy atom. The van der Waals surface area contributed by atoms with Crippen LogP contribution in [0.2, 0.25) is 0 Å². The highest BCUT2D eigenvalue weighted by atomic mass is 16.2. The number of anilines is 1. The van der Waals surface area contributed by atoms with E-state index in [2.05, 4.69) is 5.10 Å². The molecule has 0 aliphatic carbocycles. The van der Waals surface area contributed by atoms with Gasteiger partial charge in [0.25, 0.3) is 5.56 Å². The van der Waals surface area contributed by atoms with E-state index < -0.39 is 0 Å². The molecule has 0 radical (unpaired) electrons. The third kappa shape index (κ3) is 3.10. The van der Waals surface area contributed by atoms with Crippen molar-refractivity contribution in [1.29, 1.82) is 0 Å². The van der Waals surface area contributed by atoms with Crippen LogP contribution in [0.4, 0.5) is 5.69 Å². The lowest BCUT2D eigenvalue weighted by Gasteiger charge is -2.17. The summed E-state index contributed by atoms with van der Waals surface area (Å²) in [4.78, 5) is 32.0. The summed E-state index contributed by atoms with van der Waals surface area (Å²) in [5.41, 5.74) is 6.11. The number of rotatable bonds is 3. The molecule has 0 spiro atoms. The molecule has 150 valence electrons. The van der Waals surface area contributed by atoms with Gasteiger partial charge in [0.15, 0.2) is 5.65 Å². The molecule has 6 nitrogen and oxygen atoms in total. The molecule has 0 bridgehead atoms. The molecule has 3 heterocycles. The predicted molar refractivity (Wildman–Crippen MR) is 117 cm³/mol. The molecule has 1 aliphatic rings. The lowest BCUT2D eigenvalue weighted by Crippen LogP contribution is -2.24. The van der Waals surface area contributed by atoms with Crippen LogP contribution >= 0.6 is 0 Å². The van der Waals surface area contributed by atoms with E-state index in [0.717, 1.165) is 22.4 Å². The molecule has 1 amide bonds. The molecule has 1 fully saturated rings. The Morgan fingerprint density at radius 1 is 1.00 bits per heavy atom. The van der Waals surface area contributed by atoms with Crippen molar-refractivity contribution in [2.45, 2.75) is 26.2 Å². The fourth-order valence-corrected chi connectivity index (χ4v) is 4.10. The van der Waals surface area contributed by atoms with Crippen molar-refractivity contribution in [3.8, 4) is 11.1 Å². The molecule has 2 aromatic carbocycles. The minimum Gasteiger partial charge on any atom is -0.312 e. The quantitative estimate of drug-likeness (QED) is 0.570. The van der Waals surface area contributed by atoms with Crippen LogP contribution in [0.1, 0.15) is 29.2 Å². The number of H-pyrrole nitrogens is 1. The zero-order valence-corrected chi connectivity index (χ0v) is 16.9. The van der Waals surface area contributed by atoms with Crippen molar-refractivity contribution < 1.29 is 4.79 Å². The van der Waals surface area contributed by atoms with Crippen LogP contribution in [-0.2, 0) is 4.79 Å². The highest BCUT2D eigenvalue weighted by Gasteiger charge is 2.33. The standard InChI is InChI=1S/C24H22N4O2/c1-15-6-8-17(9-7-15)20-13-25-28-23(30)12-21(26-24(20)28)18-11-22(29)27(14-18)19-5-3-4-16(2)10-19/h3-10,12-13,18,25H,11,14H2,1-2H3. The van der Waals surface area contributed by atoms with E-state index >= 15 is 0 Å². The van der Waals surface area contributed by atoms with Gasteiger partial charge in [-0.05, 0) is 37.1 Å².